The average Bonchev–Trinajstić information content (AvgIpc) is 2.58. The summed E-state index contributed by atoms with van der Waals surface area (Å²) < 4.78 is 0. The smallest absolute Gasteiger partial charge is 0.252 e. The molecule has 0 aromatic carbocycles. The Kier molecular flexibility index (Phi) is 3.42. The number of hydrogen-bond acceptors (Lipinski definition) is 4. The molecule has 2 aliphatic rings. The number of likely N-dealkylation sites (N-methyl/N-ethyl adjacent to an activating group) is 1. The Morgan fingerprint density at radius 1 is 1.47 bits per heavy atom. The quantitative estimate of drug-likeness (QED) is 0.597. The van der Waals surface area contributed by atoms with Gasteiger partial charge in [0, 0.05) is 13.6 Å². The number of carbonyl (C=O) groups is 3. The van der Waals surface area contributed by atoms with Crippen LogP contribution in [0.25, 0.3) is 0 Å². The van der Waals surface area contributed by atoms with Gasteiger partial charge in [-0.1, -0.05) is 0 Å². The minimum atomic E-state index is -0.665. The highest BCUT2D eigenvalue weighted by Crippen LogP contribution is 2.14. The fraction of sp³-hybridized carbons (Fsp3) is 0.727. The molecule has 0 radical (unpaired) electrons. The molecule has 2 rings (SSSR count). The van der Waals surface area contributed by atoms with Crippen LogP contribution in [0.4, 0.5) is 0 Å². The second-order valence-electron chi connectivity index (χ2n) is 4.60. The van der Waals surface area contributed by atoms with Crippen molar-refractivity contribution in [3.8, 4) is 0 Å². The second kappa shape index (κ2) is 4.83. The molecular formula is C11H17N3O3. The van der Waals surface area contributed by atoms with Gasteiger partial charge in [0.2, 0.25) is 11.8 Å². The number of nitrogens with one attached hydrogen (secondary N) is 2. The zero-order valence-corrected chi connectivity index (χ0v) is 9.86. The summed E-state index contributed by atoms with van der Waals surface area (Å²) in [5.74, 6) is -0.759. The Morgan fingerprint density at radius 3 is 2.76 bits per heavy atom. The van der Waals surface area contributed by atoms with E-state index < -0.39 is 6.04 Å². The molecule has 2 atom stereocenters. The fourth-order valence-electron chi connectivity index (χ4n) is 2.23. The summed E-state index contributed by atoms with van der Waals surface area (Å²) >= 11 is 0. The van der Waals surface area contributed by atoms with E-state index in [4.69, 9.17) is 0 Å². The van der Waals surface area contributed by atoms with Gasteiger partial charge in [0.05, 0.1) is 12.3 Å². The van der Waals surface area contributed by atoms with Gasteiger partial charge >= 0.3 is 0 Å². The monoisotopic (exact) mass is 239 g/mol. The molecule has 2 heterocycles. The zero-order chi connectivity index (χ0) is 12.4. The summed E-state index contributed by atoms with van der Waals surface area (Å²) in [6.45, 7) is 1.59. The molecule has 0 spiro atoms. The molecule has 0 saturated carbocycles. The van der Waals surface area contributed by atoms with Crippen molar-refractivity contribution in [3.05, 3.63) is 0 Å². The summed E-state index contributed by atoms with van der Waals surface area (Å²) in [7, 11) is 1.44. The average molecular weight is 239 g/mol. The number of nitrogens with zero attached hydrogens (tertiary/aromatic N) is 1. The van der Waals surface area contributed by atoms with E-state index in [0.29, 0.717) is 6.54 Å². The topological polar surface area (TPSA) is 78.5 Å². The van der Waals surface area contributed by atoms with Gasteiger partial charge in [-0.15, -0.1) is 0 Å². The highest BCUT2D eigenvalue weighted by Gasteiger charge is 2.37. The van der Waals surface area contributed by atoms with Crippen LogP contribution in [0.2, 0.25) is 0 Å². The SMILES string of the molecule is CN1C(=O)CC(NC(=O)[C@H]2CCCNC2)C1=O. The zero-order valence-electron chi connectivity index (χ0n) is 9.86. The second-order valence-corrected chi connectivity index (χ2v) is 4.60. The molecule has 94 valence electrons. The third kappa shape index (κ3) is 2.46. The third-order valence-corrected chi connectivity index (χ3v) is 3.37. The number of imide groups is 1. The van der Waals surface area contributed by atoms with E-state index in [9.17, 15) is 14.4 Å². The van der Waals surface area contributed by atoms with Crippen LogP contribution in [0.15, 0.2) is 0 Å². The normalized spacial score (nSPS) is 29.6. The van der Waals surface area contributed by atoms with Gasteiger partial charge in [0.25, 0.3) is 5.91 Å². The van der Waals surface area contributed by atoms with Crippen LogP contribution in [0.3, 0.4) is 0 Å². The van der Waals surface area contributed by atoms with Gasteiger partial charge in [-0.05, 0) is 19.4 Å². The molecule has 0 aromatic rings. The third-order valence-electron chi connectivity index (χ3n) is 3.37. The number of carbonyl (C=O) groups excluding carboxylic acids is 3. The lowest BCUT2D eigenvalue weighted by Gasteiger charge is -2.23. The predicted octanol–water partition coefficient (Wildman–Crippen LogP) is -1.14. The highest BCUT2D eigenvalue weighted by molar-refractivity contribution is 6.06. The van der Waals surface area contributed by atoms with Crippen LogP contribution >= 0.6 is 0 Å². The fourth-order valence-corrected chi connectivity index (χ4v) is 2.23. The summed E-state index contributed by atoms with van der Waals surface area (Å²) in [5.41, 5.74) is 0. The lowest BCUT2D eigenvalue weighted by atomic mass is 9.98. The van der Waals surface area contributed by atoms with E-state index in [1.54, 1.807) is 0 Å². The molecular weight excluding hydrogens is 222 g/mol. The molecule has 2 saturated heterocycles. The Hall–Kier alpha value is -1.43. The summed E-state index contributed by atoms with van der Waals surface area (Å²) in [4.78, 5) is 35.9. The molecule has 2 N–H and O–H groups in total. The van der Waals surface area contributed by atoms with E-state index in [1.807, 2.05) is 0 Å². The number of likely N-dealkylation sites (tertiary alicyclic amines) is 1. The van der Waals surface area contributed by atoms with E-state index in [-0.39, 0.29) is 30.1 Å². The lowest BCUT2D eigenvalue weighted by molar-refractivity contribution is -0.138. The summed E-state index contributed by atoms with van der Waals surface area (Å²) in [5, 5.41) is 5.81. The Labute approximate surface area is 99.7 Å². The molecule has 0 bridgehead atoms. The van der Waals surface area contributed by atoms with E-state index >= 15 is 0 Å². The van der Waals surface area contributed by atoms with Crippen molar-refractivity contribution in [2.24, 2.45) is 5.92 Å². The first-order chi connectivity index (χ1) is 8.09. The predicted molar refractivity (Wildman–Crippen MR) is 59.9 cm³/mol. The van der Waals surface area contributed by atoms with Crippen LogP contribution in [0, 0.1) is 5.92 Å². The standard InChI is InChI=1S/C11H17N3O3/c1-14-9(15)5-8(11(14)17)13-10(16)7-3-2-4-12-6-7/h7-8,12H,2-6H2,1H3,(H,13,16)/t7-,8?/m0/s1. The highest BCUT2D eigenvalue weighted by atomic mass is 16.2. The number of hydrogen-bond donors (Lipinski definition) is 2. The molecule has 1 unspecified atom stereocenters. The van der Waals surface area contributed by atoms with Crippen LogP contribution in [0.5, 0.6) is 0 Å². The molecule has 2 aliphatic heterocycles. The van der Waals surface area contributed by atoms with E-state index in [1.165, 1.54) is 7.05 Å². The van der Waals surface area contributed by atoms with Crippen molar-refractivity contribution in [2.75, 3.05) is 20.1 Å². The number of rotatable bonds is 2. The molecule has 6 heteroatoms. The van der Waals surface area contributed by atoms with Crippen molar-refractivity contribution in [1.29, 1.82) is 0 Å². The van der Waals surface area contributed by atoms with Gasteiger partial charge < -0.3 is 10.6 Å². The van der Waals surface area contributed by atoms with Crippen LogP contribution in [0.1, 0.15) is 19.3 Å². The van der Waals surface area contributed by atoms with Gasteiger partial charge in [0.1, 0.15) is 6.04 Å². The molecule has 6 nitrogen and oxygen atoms in total. The number of piperidine rings is 1. The number of amides is 3. The van der Waals surface area contributed by atoms with Gasteiger partial charge in [-0.25, -0.2) is 0 Å². The molecule has 3 amide bonds. The lowest BCUT2D eigenvalue weighted by Crippen LogP contribution is -2.46. The first kappa shape index (κ1) is 12.0. The van der Waals surface area contributed by atoms with Crippen LogP contribution < -0.4 is 10.6 Å². The molecule has 0 aromatic heterocycles. The first-order valence-electron chi connectivity index (χ1n) is 5.91. The van der Waals surface area contributed by atoms with Crippen molar-refractivity contribution in [3.63, 3.8) is 0 Å². The Bertz CT molecular complexity index is 350. The largest absolute Gasteiger partial charge is 0.343 e. The molecule has 2 fully saturated rings. The Balaban J connectivity index is 1.90. The minimum absolute atomic E-state index is 0.0845. The maximum absolute atomic E-state index is 11.9. The van der Waals surface area contributed by atoms with Gasteiger partial charge in [-0.3, -0.25) is 19.3 Å². The molecule has 17 heavy (non-hydrogen) atoms. The first-order valence-corrected chi connectivity index (χ1v) is 5.91. The van der Waals surface area contributed by atoms with E-state index in [0.717, 1.165) is 24.3 Å². The van der Waals surface area contributed by atoms with E-state index in [2.05, 4.69) is 10.6 Å². The maximum atomic E-state index is 11.9. The van der Waals surface area contributed by atoms with Crippen LogP contribution in [-0.4, -0.2) is 48.8 Å². The van der Waals surface area contributed by atoms with Crippen LogP contribution in [-0.2, 0) is 14.4 Å². The Morgan fingerprint density at radius 2 is 2.24 bits per heavy atom. The van der Waals surface area contributed by atoms with Crippen molar-refractivity contribution >= 4 is 17.7 Å². The summed E-state index contributed by atoms with van der Waals surface area (Å²) in [6, 6.07) is -0.665. The van der Waals surface area contributed by atoms with Crippen molar-refractivity contribution in [2.45, 2.75) is 25.3 Å². The summed E-state index contributed by atoms with van der Waals surface area (Å²) in [6.07, 6.45) is 1.89. The van der Waals surface area contributed by atoms with Gasteiger partial charge in [-0.2, -0.15) is 0 Å². The molecule has 0 aliphatic carbocycles. The van der Waals surface area contributed by atoms with Crippen molar-refractivity contribution < 1.29 is 14.4 Å². The minimum Gasteiger partial charge on any atom is -0.343 e. The maximum Gasteiger partial charge on any atom is 0.252 e. The van der Waals surface area contributed by atoms with Crippen molar-refractivity contribution in [1.82, 2.24) is 15.5 Å². The van der Waals surface area contributed by atoms with Gasteiger partial charge in [0.15, 0.2) is 0 Å².